The Balaban J connectivity index is 1.76. The second-order valence-corrected chi connectivity index (χ2v) is 6.64. The molecule has 0 radical (unpaired) electrons. The summed E-state index contributed by atoms with van der Waals surface area (Å²) in [6.07, 6.45) is 1.24. The topological polar surface area (TPSA) is 45.5 Å². The fourth-order valence-corrected chi connectivity index (χ4v) is 3.46. The van der Waals surface area contributed by atoms with Crippen LogP contribution >= 0.6 is 31.9 Å². The number of carbonyl (C=O) groups is 1. The molecule has 3 heterocycles. The van der Waals surface area contributed by atoms with Crippen LogP contribution in [0, 0.1) is 11.8 Å². The average Bonchev–Trinajstić information content (AvgIpc) is 2.68. The number of likely N-dealkylation sites (tertiary alicyclic amines) is 1. The second-order valence-electron chi connectivity index (χ2n) is 5.07. The zero-order valence-corrected chi connectivity index (χ0v) is 13.0. The van der Waals surface area contributed by atoms with E-state index < -0.39 is 0 Å². The van der Waals surface area contributed by atoms with Crippen molar-refractivity contribution in [1.29, 1.82) is 0 Å². The molecular weight excluding hydrogens is 364 g/mol. The van der Waals surface area contributed by atoms with E-state index in [-0.39, 0.29) is 5.91 Å². The summed E-state index contributed by atoms with van der Waals surface area (Å²) in [6, 6.07) is 1.73. The Morgan fingerprint density at radius 2 is 2.00 bits per heavy atom. The van der Waals surface area contributed by atoms with Crippen LogP contribution in [0.25, 0.3) is 0 Å². The minimum Gasteiger partial charge on any atom is -0.443 e. The number of nitrogens with one attached hydrogen (secondary N) is 1. The third-order valence-corrected chi connectivity index (χ3v) is 5.34. The first-order chi connectivity index (χ1) is 8.63. The highest BCUT2D eigenvalue weighted by atomic mass is 79.9. The van der Waals surface area contributed by atoms with Crippen molar-refractivity contribution < 1.29 is 9.21 Å². The molecule has 2 fully saturated rings. The molecule has 2 saturated heterocycles. The number of nitrogens with zero attached hydrogens (tertiary/aromatic N) is 1. The van der Waals surface area contributed by atoms with Crippen LogP contribution in [-0.2, 0) is 0 Å². The molecule has 1 aromatic rings. The van der Waals surface area contributed by atoms with E-state index in [1.54, 1.807) is 6.07 Å². The van der Waals surface area contributed by atoms with E-state index in [1.165, 1.54) is 6.42 Å². The van der Waals surface area contributed by atoms with Gasteiger partial charge >= 0.3 is 0 Å². The average molecular weight is 378 g/mol. The molecular formula is C12H14Br2N2O2. The molecule has 1 aromatic heterocycles. The van der Waals surface area contributed by atoms with Gasteiger partial charge in [0.1, 0.15) is 0 Å². The number of amides is 1. The lowest BCUT2D eigenvalue weighted by Gasteiger charge is -2.41. The number of piperidine rings is 2. The van der Waals surface area contributed by atoms with Gasteiger partial charge in [0.25, 0.3) is 5.91 Å². The molecule has 0 saturated carbocycles. The molecule has 1 N–H and O–H groups in total. The standard InChI is InChI=1S/C12H14Br2N2O2/c13-9-2-10(18-11(9)14)12(17)16-5-7-1-8(6-16)4-15-3-7/h2,7-8,15H,1,3-6H2. The Morgan fingerprint density at radius 3 is 2.56 bits per heavy atom. The summed E-state index contributed by atoms with van der Waals surface area (Å²) in [5, 5.41) is 3.42. The van der Waals surface area contributed by atoms with E-state index in [4.69, 9.17) is 4.42 Å². The van der Waals surface area contributed by atoms with Crippen molar-refractivity contribution in [2.45, 2.75) is 6.42 Å². The van der Waals surface area contributed by atoms with E-state index in [0.29, 0.717) is 22.3 Å². The van der Waals surface area contributed by atoms with Crippen LogP contribution < -0.4 is 5.32 Å². The molecule has 3 rings (SSSR count). The van der Waals surface area contributed by atoms with Gasteiger partial charge < -0.3 is 14.6 Å². The number of rotatable bonds is 1. The summed E-state index contributed by atoms with van der Waals surface area (Å²) in [4.78, 5) is 14.3. The van der Waals surface area contributed by atoms with Gasteiger partial charge in [0.2, 0.25) is 0 Å². The Hall–Kier alpha value is -0.330. The van der Waals surface area contributed by atoms with Crippen molar-refractivity contribution in [2.24, 2.45) is 11.8 Å². The number of hydrogen-bond acceptors (Lipinski definition) is 3. The molecule has 0 spiro atoms. The fourth-order valence-electron chi connectivity index (χ4n) is 2.88. The van der Waals surface area contributed by atoms with Crippen molar-refractivity contribution in [3.05, 3.63) is 21.0 Å². The van der Waals surface area contributed by atoms with E-state index in [9.17, 15) is 4.79 Å². The van der Waals surface area contributed by atoms with Gasteiger partial charge in [-0.1, -0.05) is 0 Å². The fraction of sp³-hybridized carbons (Fsp3) is 0.583. The van der Waals surface area contributed by atoms with E-state index >= 15 is 0 Å². The molecule has 2 unspecified atom stereocenters. The molecule has 2 bridgehead atoms. The van der Waals surface area contributed by atoms with Crippen molar-refractivity contribution in [3.63, 3.8) is 0 Å². The molecule has 98 valence electrons. The highest BCUT2D eigenvalue weighted by Gasteiger charge is 2.34. The van der Waals surface area contributed by atoms with Crippen molar-refractivity contribution >= 4 is 37.8 Å². The molecule has 2 atom stereocenters. The Bertz CT molecular complexity index is 443. The van der Waals surface area contributed by atoms with Gasteiger partial charge in [-0.05, 0) is 63.2 Å². The highest BCUT2D eigenvalue weighted by Crippen LogP contribution is 2.30. The van der Waals surface area contributed by atoms with Crippen LogP contribution in [0.5, 0.6) is 0 Å². The first kappa shape index (κ1) is 12.7. The van der Waals surface area contributed by atoms with Gasteiger partial charge in [0.05, 0.1) is 4.47 Å². The summed E-state index contributed by atoms with van der Waals surface area (Å²) < 4.78 is 6.77. The van der Waals surface area contributed by atoms with Gasteiger partial charge in [-0.15, -0.1) is 0 Å². The van der Waals surface area contributed by atoms with Gasteiger partial charge in [-0.3, -0.25) is 4.79 Å². The van der Waals surface area contributed by atoms with Crippen molar-refractivity contribution in [1.82, 2.24) is 10.2 Å². The molecule has 0 aromatic carbocycles. The number of furan rings is 1. The minimum absolute atomic E-state index is 0.00185. The minimum atomic E-state index is -0.00185. The van der Waals surface area contributed by atoms with Crippen LogP contribution in [0.15, 0.2) is 19.6 Å². The summed E-state index contributed by atoms with van der Waals surface area (Å²) >= 11 is 6.60. The lowest BCUT2D eigenvalue weighted by Crippen LogP contribution is -2.52. The monoisotopic (exact) mass is 376 g/mol. The third kappa shape index (κ3) is 2.38. The Kier molecular flexibility index (Phi) is 3.51. The molecule has 2 aliphatic heterocycles. The normalized spacial score (nSPS) is 27.3. The SMILES string of the molecule is O=C(c1cc(Br)c(Br)o1)N1CC2CNCC(C2)C1. The maximum atomic E-state index is 12.4. The first-order valence-corrected chi connectivity index (χ1v) is 7.67. The van der Waals surface area contributed by atoms with Crippen LogP contribution in [0.4, 0.5) is 0 Å². The van der Waals surface area contributed by atoms with Crippen LogP contribution in [0.3, 0.4) is 0 Å². The zero-order valence-electron chi connectivity index (χ0n) is 9.79. The van der Waals surface area contributed by atoms with Gasteiger partial charge in [-0.2, -0.15) is 0 Å². The van der Waals surface area contributed by atoms with E-state index in [1.807, 2.05) is 4.90 Å². The van der Waals surface area contributed by atoms with Gasteiger partial charge in [0, 0.05) is 19.2 Å². The largest absolute Gasteiger partial charge is 0.443 e. The van der Waals surface area contributed by atoms with Crippen LogP contribution in [0.2, 0.25) is 0 Å². The highest BCUT2D eigenvalue weighted by molar-refractivity contribution is 9.13. The molecule has 1 amide bonds. The van der Waals surface area contributed by atoms with E-state index in [0.717, 1.165) is 30.7 Å². The number of halogens is 2. The smallest absolute Gasteiger partial charge is 0.289 e. The molecule has 6 heteroatoms. The molecule has 4 nitrogen and oxygen atoms in total. The lowest BCUT2D eigenvalue weighted by molar-refractivity contribution is 0.0507. The first-order valence-electron chi connectivity index (χ1n) is 6.08. The molecule has 2 aliphatic rings. The van der Waals surface area contributed by atoms with E-state index in [2.05, 4.69) is 37.2 Å². The van der Waals surface area contributed by atoms with Crippen LogP contribution in [0.1, 0.15) is 17.0 Å². The Labute approximate surface area is 122 Å². The maximum absolute atomic E-state index is 12.4. The quantitative estimate of drug-likeness (QED) is 0.817. The number of carbonyl (C=O) groups excluding carboxylic acids is 1. The molecule has 0 aliphatic carbocycles. The third-order valence-electron chi connectivity index (χ3n) is 3.63. The summed E-state index contributed by atoms with van der Waals surface area (Å²) in [7, 11) is 0. The number of fused-ring (bicyclic) bond motifs is 2. The van der Waals surface area contributed by atoms with Gasteiger partial charge in [0.15, 0.2) is 10.4 Å². The second kappa shape index (κ2) is 4.98. The summed E-state index contributed by atoms with van der Waals surface area (Å²) in [5.74, 6) is 1.58. The predicted molar refractivity (Wildman–Crippen MR) is 74.5 cm³/mol. The zero-order chi connectivity index (χ0) is 12.7. The maximum Gasteiger partial charge on any atom is 0.289 e. The van der Waals surface area contributed by atoms with Crippen molar-refractivity contribution in [3.8, 4) is 0 Å². The summed E-state index contributed by atoms with van der Waals surface area (Å²) in [6.45, 7) is 3.70. The van der Waals surface area contributed by atoms with Gasteiger partial charge in [-0.25, -0.2) is 0 Å². The van der Waals surface area contributed by atoms with Crippen LogP contribution in [-0.4, -0.2) is 37.0 Å². The predicted octanol–water partition coefficient (Wildman–Crippen LogP) is 2.49. The molecule has 18 heavy (non-hydrogen) atoms. The summed E-state index contributed by atoms with van der Waals surface area (Å²) in [5.41, 5.74) is 0. The lowest BCUT2D eigenvalue weighted by atomic mass is 9.86. The van der Waals surface area contributed by atoms with Crippen molar-refractivity contribution in [2.75, 3.05) is 26.2 Å². The Morgan fingerprint density at radius 1 is 1.33 bits per heavy atom. The number of hydrogen-bond donors (Lipinski definition) is 1.